The average molecular weight is 306 g/mol. The summed E-state index contributed by atoms with van der Waals surface area (Å²) in [5.74, 6) is 0. The Morgan fingerprint density at radius 3 is 1.90 bits per heavy atom. The van der Waals surface area contributed by atoms with Gasteiger partial charge in [0.15, 0.2) is 0 Å². The predicted octanol–water partition coefficient (Wildman–Crippen LogP) is 3.70. The highest BCUT2D eigenvalue weighted by Gasteiger charge is 1.93. The number of unbranched alkanes of at least 4 members (excludes halogenated alkanes) is 9. The van der Waals surface area contributed by atoms with Crippen LogP contribution in [0.25, 0.3) is 0 Å². The van der Waals surface area contributed by atoms with Crippen LogP contribution in [0.15, 0.2) is 0 Å². The van der Waals surface area contributed by atoms with E-state index in [0.29, 0.717) is 0 Å². The molecule has 0 heterocycles. The summed E-state index contributed by atoms with van der Waals surface area (Å²) in [6, 6.07) is 0. The van der Waals surface area contributed by atoms with Crippen molar-refractivity contribution < 1.29 is 12.9 Å². The first-order chi connectivity index (χ1) is 9.77. The standard InChI is InChI=1S/C15H33NO3S/c1-2-3-4-5-6-7-8-9-10-11-13-16-14-12-15-19-20(17)18/h16H,2-15H2,1H3,(H,17,18)/p-1. The first-order valence-electron chi connectivity index (χ1n) is 8.20. The Balaban J connectivity index is 2.94. The van der Waals surface area contributed by atoms with Gasteiger partial charge in [0.05, 0.1) is 18.0 Å². The molecule has 0 aromatic rings. The highest BCUT2D eigenvalue weighted by molar-refractivity contribution is 7.74. The Morgan fingerprint density at radius 2 is 1.35 bits per heavy atom. The molecule has 0 amide bonds. The Kier molecular flexibility index (Phi) is 17.1. The van der Waals surface area contributed by atoms with Crippen LogP contribution >= 0.6 is 0 Å². The molecule has 122 valence electrons. The summed E-state index contributed by atoms with van der Waals surface area (Å²) in [5.41, 5.74) is 0. The highest BCUT2D eigenvalue weighted by Crippen LogP contribution is 2.10. The van der Waals surface area contributed by atoms with Crippen LogP contribution in [0.1, 0.15) is 77.6 Å². The molecule has 0 aromatic carbocycles. The van der Waals surface area contributed by atoms with Crippen LogP contribution in [-0.2, 0) is 15.5 Å². The molecule has 1 unspecified atom stereocenters. The van der Waals surface area contributed by atoms with Crippen molar-refractivity contribution in [2.24, 2.45) is 0 Å². The van der Waals surface area contributed by atoms with Crippen LogP contribution in [0.5, 0.6) is 0 Å². The number of hydrogen-bond acceptors (Lipinski definition) is 4. The molecule has 0 aliphatic rings. The van der Waals surface area contributed by atoms with Crippen LogP contribution in [0, 0.1) is 0 Å². The van der Waals surface area contributed by atoms with Gasteiger partial charge in [0.2, 0.25) is 0 Å². The maximum Gasteiger partial charge on any atom is 0.0842 e. The van der Waals surface area contributed by atoms with Gasteiger partial charge in [-0.15, -0.1) is 0 Å². The van der Waals surface area contributed by atoms with Gasteiger partial charge >= 0.3 is 0 Å². The van der Waals surface area contributed by atoms with Crippen LogP contribution < -0.4 is 5.32 Å². The number of nitrogens with one attached hydrogen (secondary N) is 1. The zero-order valence-electron chi connectivity index (χ0n) is 13.0. The Bertz CT molecular complexity index is 215. The van der Waals surface area contributed by atoms with Gasteiger partial charge in [-0.25, -0.2) is 4.21 Å². The van der Waals surface area contributed by atoms with E-state index in [2.05, 4.69) is 16.4 Å². The zero-order chi connectivity index (χ0) is 14.9. The predicted molar refractivity (Wildman–Crippen MR) is 84.2 cm³/mol. The van der Waals surface area contributed by atoms with Crippen molar-refractivity contribution in [1.82, 2.24) is 5.32 Å². The molecule has 0 saturated heterocycles. The molecule has 0 aliphatic carbocycles. The summed E-state index contributed by atoms with van der Waals surface area (Å²) in [7, 11) is 0. The quantitative estimate of drug-likeness (QED) is 0.349. The summed E-state index contributed by atoms with van der Waals surface area (Å²) in [6.07, 6.45) is 14.3. The van der Waals surface area contributed by atoms with Crippen molar-refractivity contribution in [2.45, 2.75) is 77.6 Å². The monoisotopic (exact) mass is 306 g/mol. The van der Waals surface area contributed by atoms with E-state index in [-0.39, 0.29) is 6.61 Å². The molecule has 0 fully saturated rings. The lowest BCUT2D eigenvalue weighted by Crippen LogP contribution is -2.18. The number of hydrogen-bond donors (Lipinski definition) is 1. The lowest BCUT2D eigenvalue weighted by molar-refractivity contribution is 0.293. The molecule has 4 nitrogen and oxygen atoms in total. The maximum atomic E-state index is 10.1. The zero-order valence-corrected chi connectivity index (χ0v) is 13.8. The smallest absolute Gasteiger partial charge is 0.0842 e. The Hall–Kier alpha value is 0.0300. The normalized spacial score (nSPS) is 12.7. The van der Waals surface area contributed by atoms with E-state index in [4.69, 9.17) is 0 Å². The van der Waals surface area contributed by atoms with Gasteiger partial charge in [0.1, 0.15) is 0 Å². The van der Waals surface area contributed by atoms with Gasteiger partial charge in [-0.3, -0.25) is 0 Å². The van der Waals surface area contributed by atoms with E-state index >= 15 is 0 Å². The SMILES string of the molecule is CCCCCCCCCCCCNCCCOS(=O)[O-]. The largest absolute Gasteiger partial charge is 0.750 e. The van der Waals surface area contributed by atoms with E-state index < -0.39 is 11.4 Å². The lowest BCUT2D eigenvalue weighted by Gasteiger charge is -2.07. The minimum absolute atomic E-state index is 0.279. The van der Waals surface area contributed by atoms with Gasteiger partial charge in [-0.05, 0) is 25.9 Å². The van der Waals surface area contributed by atoms with E-state index in [1.54, 1.807) is 0 Å². The van der Waals surface area contributed by atoms with Gasteiger partial charge in [-0.1, -0.05) is 64.7 Å². The third-order valence-electron chi connectivity index (χ3n) is 3.38. The summed E-state index contributed by atoms with van der Waals surface area (Å²) < 4.78 is 24.6. The second-order valence-corrected chi connectivity index (χ2v) is 5.96. The van der Waals surface area contributed by atoms with Crippen molar-refractivity contribution in [3.8, 4) is 0 Å². The Labute approximate surface area is 127 Å². The van der Waals surface area contributed by atoms with Crippen LogP contribution in [0.4, 0.5) is 0 Å². The molecule has 0 aliphatic heterocycles. The minimum Gasteiger partial charge on any atom is -0.750 e. The van der Waals surface area contributed by atoms with Crippen molar-refractivity contribution >= 4 is 11.4 Å². The molecule has 0 radical (unpaired) electrons. The second kappa shape index (κ2) is 17.1. The maximum absolute atomic E-state index is 10.1. The van der Waals surface area contributed by atoms with E-state index in [9.17, 15) is 8.76 Å². The highest BCUT2D eigenvalue weighted by atomic mass is 32.2. The van der Waals surface area contributed by atoms with Gasteiger partial charge in [-0.2, -0.15) is 0 Å². The van der Waals surface area contributed by atoms with Crippen molar-refractivity contribution in [3.05, 3.63) is 0 Å². The molecule has 0 bridgehead atoms. The van der Waals surface area contributed by atoms with Crippen LogP contribution in [-0.4, -0.2) is 28.5 Å². The first kappa shape index (κ1) is 20.0. The lowest BCUT2D eigenvalue weighted by atomic mass is 10.1. The Morgan fingerprint density at radius 1 is 0.850 bits per heavy atom. The molecular weight excluding hydrogens is 274 g/mol. The average Bonchev–Trinajstić information content (AvgIpc) is 2.43. The molecule has 0 aromatic heterocycles. The van der Waals surface area contributed by atoms with Gasteiger partial charge in [0, 0.05) is 0 Å². The van der Waals surface area contributed by atoms with Gasteiger partial charge < -0.3 is 14.1 Å². The fraction of sp³-hybridized carbons (Fsp3) is 1.00. The summed E-state index contributed by atoms with van der Waals surface area (Å²) in [4.78, 5) is 0. The molecule has 0 saturated carbocycles. The molecule has 5 heteroatoms. The fourth-order valence-corrected chi connectivity index (χ4v) is 2.44. The topological polar surface area (TPSA) is 61.4 Å². The van der Waals surface area contributed by atoms with E-state index in [0.717, 1.165) is 19.5 Å². The van der Waals surface area contributed by atoms with Crippen molar-refractivity contribution in [3.63, 3.8) is 0 Å². The van der Waals surface area contributed by atoms with E-state index in [1.165, 1.54) is 64.2 Å². The van der Waals surface area contributed by atoms with Gasteiger partial charge in [0.25, 0.3) is 0 Å². The van der Waals surface area contributed by atoms with Crippen LogP contribution in [0.2, 0.25) is 0 Å². The second-order valence-electron chi connectivity index (χ2n) is 5.31. The minimum atomic E-state index is -2.36. The summed E-state index contributed by atoms with van der Waals surface area (Å²) in [5, 5.41) is 3.30. The van der Waals surface area contributed by atoms with Crippen molar-refractivity contribution in [1.29, 1.82) is 0 Å². The van der Waals surface area contributed by atoms with E-state index in [1.807, 2.05) is 0 Å². The molecule has 20 heavy (non-hydrogen) atoms. The molecule has 0 spiro atoms. The third kappa shape index (κ3) is 18.0. The number of rotatable bonds is 16. The third-order valence-corrected chi connectivity index (χ3v) is 3.74. The molecule has 1 N–H and O–H groups in total. The fourth-order valence-electron chi connectivity index (χ4n) is 2.19. The van der Waals surface area contributed by atoms with Crippen LogP contribution in [0.3, 0.4) is 0 Å². The molecule has 1 atom stereocenters. The van der Waals surface area contributed by atoms with Crippen molar-refractivity contribution in [2.75, 3.05) is 19.7 Å². The summed E-state index contributed by atoms with van der Waals surface area (Å²) >= 11 is -2.36. The molecule has 0 rings (SSSR count). The summed E-state index contributed by atoms with van der Waals surface area (Å²) in [6.45, 7) is 4.39. The molecular formula is C15H32NO3S-. The first-order valence-corrected chi connectivity index (χ1v) is 9.20.